The van der Waals surface area contributed by atoms with Gasteiger partial charge < -0.3 is 16.2 Å². The Bertz CT molecular complexity index is 175. The van der Waals surface area contributed by atoms with E-state index >= 15 is 0 Å². The van der Waals surface area contributed by atoms with Crippen molar-refractivity contribution in [1.82, 2.24) is 5.32 Å². The molecule has 0 rings (SSSR count). The van der Waals surface area contributed by atoms with Crippen molar-refractivity contribution in [1.29, 1.82) is 0 Å². The van der Waals surface area contributed by atoms with Gasteiger partial charge in [-0.3, -0.25) is 4.79 Å². The molecular weight excluding hydrogens is 180 g/mol. The molecule has 0 spiro atoms. The number of nitrogens with one attached hydrogen (secondary N) is 1. The van der Waals surface area contributed by atoms with Crippen molar-refractivity contribution in [2.45, 2.75) is 39.2 Å². The molecule has 0 radical (unpaired) electrons. The molecule has 0 aromatic carbocycles. The molecule has 1 unspecified atom stereocenters. The first-order chi connectivity index (χ1) is 6.37. The topological polar surface area (TPSA) is 75.4 Å². The summed E-state index contributed by atoms with van der Waals surface area (Å²) in [5.41, 5.74) is 4.50. The highest BCUT2D eigenvalue weighted by molar-refractivity contribution is 5.78. The first-order valence-corrected chi connectivity index (χ1v) is 5.07. The van der Waals surface area contributed by atoms with Crippen LogP contribution in [0.5, 0.6) is 0 Å². The van der Waals surface area contributed by atoms with Gasteiger partial charge in [0.15, 0.2) is 0 Å². The van der Waals surface area contributed by atoms with Crippen LogP contribution in [0.3, 0.4) is 0 Å². The average molecular weight is 202 g/mol. The molecule has 0 aliphatic heterocycles. The lowest BCUT2D eigenvalue weighted by atomic mass is 10.0. The summed E-state index contributed by atoms with van der Waals surface area (Å²) in [6.07, 6.45) is 1.66. The van der Waals surface area contributed by atoms with E-state index in [4.69, 9.17) is 5.73 Å². The monoisotopic (exact) mass is 202 g/mol. The number of nitrogens with two attached hydrogens (primary N) is 1. The summed E-state index contributed by atoms with van der Waals surface area (Å²) in [4.78, 5) is 11.4. The fourth-order valence-corrected chi connectivity index (χ4v) is 1.03. The normalized spacial score (nSPS) is 13.8. The van der Waals surface area contributed by atoms with E-state index in [1.807, 2.05) is 6.92 Å². The molecule has 0 saturated carbocycles. The van der Waals surface area contributed by atoms with Crippen LogP contribution in [0.15, 0.2) is 0 Å². The van der Waals surface area contributed by atoms with Crippen LogP contribution in [0.25, 0.3) is 0 Å². The Labute approximate surface area is 85.9 Å². The van der Waals surface area contributed by atoms with Crippen LogP contribution in [-0.2, 0) is 4.79 Å². The van der Waals surface area contributed by atoms with Gasteiger partial charge in [-0.25, -0.2) is 0 Å². The van der Waals surface area contributed by atoms with E-state index in [9.17, 15) is 9.90 Å². The fraction of sp³-hybridized carbons (Fsp3) is 0.900. The minimum atomic E-state index is -0.844. The minimum Gasteiger partial charge on any atom is -0.389 e. The van der Waals surface area contributed by atoms with Gasteiger partial charge in [-0.2, -0.15) is 0 Å². The molecule has 0 fully saturated rings. The van der Waals surface area contributed by atoms with Crippen molar-refractivity contribution < 1.29 is 9.90 Å². The number of amides is 1. The molecule has 4 nitrogen and oxygen atoms in total. The Hall–Kier alpha value is -0.610. The second-order valence-electron chi connectivity index (χ2n) is 4.36. The lowest BCUT2D eigenvalue weighted by Crippen LogP contribution is -2.40. The van der Waals surface area contributed by atoms with Gasteiger partial charge in [-0.15, -0.1) is 0 Å². The molecule has 0 saturated heterocycles. The smallest absolute Gasteiger partial charge is 0.222 e. The second kappa shape index (κ2) is 5.98. The first-order valence-electron chi connectivity index (χ1n) is 5.07. The van der Waals surface area contributed by atoms with Gasteiger partial charge >= 0.3 is 0 Å². The Balaban J connectivity index is 3.73. The number of hydrogen-bond donors (Lipinski definition) is 3. The van der Waals surface area contributed by atoms with Crippen LogP contribution in [0.4, 0.5) is 0 Å². The van der Waals surface area contributed by atoms with Gasteiger partial charge in [0.1, 0.15) is 0 Å². The molecule has 1 amide bonds. The number of aliphatic hydroxyl groups is 1. The number of rotatable bonds is 6. The van der Waals surface area contributed by atoms with Crippen molar-refractivity contribution in [2.24, 2.45) is 11.7 Å². The maximum atomic E-state index is 11.4. The lowest BCUT2D eigenvalue weighted by molar-refractivity contribution is -0.125. The number of hydrogen-bond acceptors (Lipinski definition) is 3. The van der Waals surface area contributed by atoms with Gasteiger partial charge in [0.25, 0.3) is 0 Å². The van der Waals surface area contributed by atoms with E-state index < -0.39 is 5.60 Å². The summed E-state index contributed by atoms with van der Waals surface area (Å²) in [6.45, 7) is 6.10. The molecule has 0 aromatic rings. The van der Waals surface area contributed by atoms with Gasteiger partial charge in [0.05, 0.1) is 5.60 Å². The first kappa shape index (κ1) is 13.4. The Morgan fingerprint density at radius 2 is 2.14 bits per heavy atom. The third kappa shape index (κ3) is 6.86. The highest BCUT2D eigenvalue weighted by Gasteiger charge is 2.17. The van der Waals surface area contributed by atoms with E-state index in [1.54, 1.807) is 13.8 Å². The van der Waals surface area contributed by atoms with Crippen molar-refractivity contribution >= 4 is 5.91 Å². The van der Waals surface area contributed by atoms with Crippen molar-refractivity contribution in [3.05, 3.63) is 0 Å². The zero-order valence-corrected chi connectivity index (χ0v) is 9.34. The van der Waals surface area contributed by atoms with Crippen LogP contribution in [0.1, 0.15) is 33.6 Å². The summed E-state index contributed by atoms with van der Waals surface area (Å²) in [5.74, 6) is -0.0403. The molecule has 14 heavy (non-hydrogen) atoms. The standard InChI is InChI=1S/C10H22N2O2/c1-8(5-4-6-11)9(13)12-7-10(2,3)14/h8,14H,4-7,11H2,1-3H3,(H,12,13). The van der Waals surface area contributed by atoms with Crippen molar-refractivity contribution in [2.75, 3.05) is 13.1 Å². The van der Waals surface area contributed by atoms with Crippen LogP contribution >= 0.6 is 0 Å². The molecular formula is C10H22N2O2. The molecule has 4 heteroatoms. The summed E-state index contributed by atoms with van der Waals surface area (Å²) in [7, 11) is 0. The third-order valence-corrected chi connectivity index (χ3v) is 1.98. The quantitative estimate of drug-likeness (QED) is 0.578. The number of carbonyl (C=O) groups is 1. The molecule has 0 bridgehead atoms. The summed E-state index contributed by atoms with van der Waals surface area (Å²) < 4.78 is 0. The molecule has 0 aliphatic rings. The zero-order chi connectivity index (χ0) is 11.2. The van der Waals surface area contributed by atoms with E-state index in [0.29, 0.717) is 13.1 Å². The maximum Gasteiger partial charge on any atom is 0.222 e. The zero-order valence-electron chi connectivity index (χ0n) is 9.34. The van der Waals surface area contributed by atoms with E-state index in [2.05, 4.69) is 5.32 Å². The Morgan fingerprint density at radius 3 is 2.57 bits per heavy atom. The highest BCUT2D eigenvalue weighted by atomic mass is 16.3. The van der Waals surface area contributed by atoms with E-state index in [0.717, 1.165) is 12.8 Å². The predicted molar refractivity (Wildman–Crippen MR) is 56.8 cm³/mol. The minimum absolute atomic E-state index is 0.0134. The molecule has 0 heterocycles. The van der Waals surface area contributed by atoms with Gasteiger partial charge in [-0.1, -0.05) is 6.92 Å². The van der Waals surface area contributed by atoms with Crippen molar-refractivity contribution in [3.8, 4) is 0 Å². The molecule has 4 N–H and O–H groups in total. The lowest BCUT2D eigenvalue weighted by Gasteiger charge is -2.19. The summed E-state index contributed by atoms with van der Waals surface area (Å²) in [6, 6.07) is 0. The average Bonchev–Trinajstić information content (AvgIpc) is 2.09. The van der Waals surface area contributed by atoms with Gasteiger partial charge in [0.2, 0.25) is 5.91 Å². The molecule has 0 aliphatic carbocycles. The Kier molecular flexibility index (Phi) is 5.72. The predicted octanol–water partition coefficient (Wildman–Crippen LogP) is 0.249. The van der Waals surface area contributed by atoms with Crippen LogP contribution in [0.2, 0.25) is 0 Å². The second-order valence-corrected chi connectivity index (χ2v) is 4.36. The van der Waals surface area contributed by atoms with Crippen LogP contribution < -0.4 is 11.1 Å². The largest absolute Gasteiger partial charge is 0.389 e. The maximum absolute atomic E-state index is 11.4. The highest BCUT2D eigenvalue weighted by Crippen LogP contribution is 2.05. The van der Waals surface area contributed by atoms with Crippen LogP contribution in [-0.4, -0.2) is 29.7 Å². The van der Waals surface area contributed by atoms with Crippen molar-refractivity contribution in [3.63, 3.8) is 0 Å². The summed E-state index contributed by atoms with van der Waals surface area (Å²) in [5, 5.41) is 12.1. The fourth-order valence-electron chi connectivity index (χ4n) is 1.03. The van der Waals surface area contributed by atoms with E-state index in [1.165, 1.54) is 0 Å². The molecule has 84 valence electrons. The third-order valence-electron chi connectivity index (χ3n) is 1.98. The number of carbonyl (C=O) groups excluding carboxylic acids is 1. The van der Waals surface area contributed by atoms with Gasteiger partial charge in [0, 0.05) is 12.5 Å². The SMILES string of the molecule is CC(CCCN)C(=O)NCC(C)(C)O. The Morgan fingerprint density at radius 1 is 1.57 bits per heavy atom. The molecule has 0 aromatic heterocycles. The van der Waals surface area contributed by atoms with Gasteiger partial charge in [-0.05, 0) is 33.2 Å². The van der Waals surface area contributed by atoms with E-state index in [-0.39, 0.29) is 11.8 Å². The van der Waals surface area contributed by atoms with Crippen LogP contribution in [0, 0.1) is 5.92 Å². The molecule has 1 atom stereocenters. The summed E-state index contributed by atoms with van der Waals surface area (Å²) >= 11 is 0.